The Balaban J connectivity index is 2.61. The van der Waals surface area contributed by atoms with Crippen LogP contribution in [0.25, 0.3) is 0 Å². The summed E-state index contributed by atoms with van der Waals surface area (Å²) in [7, 11) is 0. The summed E-state index contributed by atoms with van der Waals surface area (Å²) in [5.74, 6) is 0.484. The average molecular weight is 220 g/mol. The molecule has 4 nitrogen and oxygen atoms in total. The number of carbonyl (C=O) groups excluding carboxylic acids is 1. The number of nitrogens with zero attached hydrogens (tertiary/aromatic N) is 2. The summed E-state index contributed by atoms with van der Waals surface area (Å²) in [6, 6.07) is 0. The van der Waals surface area contributed by atoms with E-state index in [0.29, 0.717) is 12.1 Å². The number of carbonyl (C=O) groups is 1. The minimum absolute atomic E-state index is 0.177. The van der Waals surface area contributed by atoms with Crippen molar-refractivity contribution in [3.05, 3.63) is 42.5 Å². The van der Waals surface area contributed by atoms with E-state index in [9.17, 15) is 4.79 Å². The SMILES string of the molecule is C=CCn1cc(COC(=O)C(=C)C)nc1C. The lowest BCUT2D eigenvalue weighted by atomic mass is 10.4. The van der Waals surface area contributed by atoms with Crippen LogP contribution >= 0.6 is 0 Å². The van der Waals surface area contributed by atoms with Crippen molar-refractivity contribution in [3.63, 3.8) is 0 Å². The zero-order valence-electron chi connectivity index (χ0n) is 9.69. The number of aryl methyl sites for hydroxylation is 1. The summed E-state index contributed by atoms with van der Waals surface area (Å²) in [4.78, 5) is 15.4. The van der Waals surface area contributed by atoms with Crippen LogP contribution in [-0.4, -0.2) is 15.5 Å². The van der Waals surface area contributed by atoms with Gasteiger partial charge in [-0.1, -0.05) is 12.7 Å². The van der Waals surface area contributed by atoms with Crippen LogP contribution < -0.4 is 0 Å². The third-order valence-electron chi connectivity index (χ3n) is 2.05. The summed E-state index contributed by atoms with van der Waals surface area (Å²) in [6.07, 6.45) is 3.64. The number of aromatic nitrogens is 2. The van der Waals surface area contributed by atoms with Crippen molar-refractivity contribution >= 4 is 5.97 Å². The fourth-order valence-corrected chi connectivity index (χ4v) is 1.23. The highest BCUT2D eigenvalue weighted by Gasteiger charge is 2.07. The second-order valence-corrected chi connectivity index (χ2v) is 3.58. The van der Waals surface area contributed by atoms with Crippen LogP contribution in [-0.2, 0) is 22.7 Å². The Hall–Kier alpha value is -1.84. The standard InChI is InChI=1S/C12H16N2O2/c1-5-6-14-7-11(13-10(14)4)8-16-12(15)9(2)3/h5,7H,1-2,6,8H2,3-4H3. The molecule has 0 amide bonds. The maximum Gasteiger partial charge on any atom is 0.333 e. The van der Waals surface area contributed by atoms with Gasteiger partial charge in [0.25, 0.3) is 0 Å². The Morgan fingerprint density at radius 1 is 1.69 bits per heavy atom. The number of hydrogen-bond acceptors (Lipinski definition) is 3. The van der Waals surface area contributed by atoms with Crippen molar-refractivity contribution in [1.82, 2.24) is 9.55 Å². The Kier molecular flexibility index (Phi) is 4.05. The molecule has 0 fully saturated rings. The lowest BCUT2D eigenvalue weighted by molar-refractivity contribution is -0.140. The van der Waals surface area contributed by atoms with Crippen molar-refractivity contribution in [1.29, 1.82) is 0 Å². The molecule has 0 atom stereocenters. The van der Waals surface area contributed by atoms with Crippen molar-refractivity contribution in [2.45, 2.75) is 27.0 Å². The first-order valence-electron chi connectivity index (χ1n) is 5.00. The maximum atomic E-state index is 11.2. The fourth-order valence-electron chi connectivity index (χ4n) is 1.23. The molecule has 0 saturated carbocycles. The van der Waals surface area contributed by atoms with Crippen molar-refractivity contribution in [2.24, 2.45) is 0 Å². The molecule has 0 N–H and O–H groups in total. The molecule has 0 saturated heterocycles. The summed E-state index contributed by atoms with van der Waals surface area (Å²) in [5, 5.41) is 0. The first-order chi connectivity index (χ1) is 7.54. The zero-order chi connectivity index (χ0) is 12.1. The van der Waals surface area contributed by atoms with E-state index in [4.69, 9.17) is 4.74 Å². The Bertz CT molecular complexity index is 419. The van der Waals surface area contributed by atoms with Gasteiger partial charge in [-0.25, -0.2) is 9.78 Å². The van der Waals surface area contributed by atoms with E-state index in [1.807, 2.05) is 17.7 Å². The number of esters is 1. The van der Waals surface area contributed by atoms with Crippen LogP contribution in [0.2, 0.25) is 0 Å². The highest BCUT2D eigenvalue weighted by atomic mass is 16.5. The molecule has 0 aliphatic carbocycles. The van der Waals surface area contributed by atoms with E-state index in [-0.39, 0.29) is 6.61 Å². The number of hydrogen-bond donors (Lipinski definition) is 0. The number of allylic oxidation sites excluding steroid dienone is 1. The smallest absolute Gasteiger partial charge is 0.333 e. The monoisotopic (exact) mass is 220 g/mol. The third kappa shape index (κ3) is 3.08. The number of imidazole rings is 1. The van der Waals surface area contributed by atoms with Gasteiger partial charge in [-0.3, -0.25) is 0 Å². The molecule has 4 heteroatoms. The van der Waals surface area contributed by atoms with Crippen LogP contribution in [0, 0.1) is 6.92 Å². The predicted molar refractivity (Wildman–Crippen MR) is 61.8 cm³/mol. The average Bonchev–Trinajstić information content (AvgIpc) is 2.57. The lowest BCUT2D eigenvalue weighted by Crippen LogP contribution is -2.04. The van der Waals surface area contributed by atoms with Crippen molar-refractivity contribution in [3.8, 4) is 0 Å². The van der Waals surface area contributed by atoms with E-state index >= 15 is 0 Å². The molecule has 86 valence electrons. The highest BCUT2D eigenvalue weighted by Crippen LogP contribution is 2.05. The van der Waals surface area contributed by atoms with Gasteiger partial charge in [0.1, 0.15) is 12.4 Å². The largest absolute Gasteiger partial charge is 0.456 e. The molecule has 0 aromatic carbocycles. The summed E-state index contributed by atoms with van der Waals surface area (Å²) in [6.45, 7) is 11.6. The molecule has 16 heavy (non-hydrogen) atoms. The lowest BCUT2D eigenvalue weighted by Gasteiger charge is -2.00. The maximum absolute atomic E-state index is 11.2. The van der Waals surface area contributed by atoms with Gasteiger partial charge in [0.05, 0.1) is 5.69 Å². The van der Waals surface area contributed by atoms with Gasteiger partial charge in [-0.2, -0.15) is 0 Å². The number of ether oxygens (including phenoxy) is 1. The molecule has 1 aromatic heterocycles. The Labute approximate surface area is 95.3 Å². The van der Waals surface area contributed by atoms with Gasteiger partial charge < -0.3 is 9.30 Å². The minimum Gasteiger partial charge on any atom is -0.456 e. The molecule has 0 spiro atoms. The van der Waals surface area contributed by atoms with Crippen LogP contribution in [0.15, 0.2) is 31.0 Å². The zero-order valence-corrected chi connectivity index (χ0v) is 9.69. The molecule has 0 bridgehead atoms. The van der Waals surface area contributed by atoms with E-state index in [2.05, 4.69) is 18.1 Å². The molecule has 0 unspecified atom stereocenters. The quantitative estimate of drug-likeness (QED) is 0.433. The molecule has 1 aromatic rings. The first-order valence-corrected chi connectivity index (χ1v) is 5.00. The second kappa shape index (κ2) is 5.30. The van der Waals surface area contributed by atoms with Gasteiger partial charge in [-0.05, 0) is 13.8 Å². The van der Waals surface area contributed by atoms with Gasteiger partial charge in [0.2, 0.25) is 0 Å². The number of rotatable bonds is 5. The van der Waals surface area contributed by atoms with E-state index < -0.39 is 5.97 Å². The van der Waals surface area contributed by atoms with Crippen LogP contribution in [0.5, 0.6) is 0 Å². The molecule has 1 rings (SSSR count). The highest BCUT2D eigenvalue weighted by molar-refractivity contribution is 5.86. The van der Waals surface area contributed by atoms with Crippen molar-refractivity contribution < 1.29 is 9.53 Å². The molecule has 0 aliphatic rings. The van der Waals surface area contributed by atoms with E-state index in [1.165, 1.54) is 0 Å². The van der Waals surface area contributed by atoms with E-state index in [0.717, 1.165) is 11.5 Å². The molecular weight excluding hydrogens is 204 g/mol. The Morgan fingerprint density at radius 3 is 2.94 bits per heavy atom. The van der Waals surface area contributed by atoms with Crippen molar-refractivity contribution in [2.75, 3.05) is 0 Å². The Morgan fingerprint density at radius 2 is 2.38 bits per heavy atom. The first kappa shape index (κ1) is 12.2. The molecule has 0 radical (unpaired) electrons. The third-order valence-corrected chi connectivity index (χ3v) is 2.05. The molecule has 1 heterocycles. The van der Waals surface area contributed by atoms with E-state index in [1.54, 1.807) is 13.0 Å². The van der Waals surface area contributed by atoms with Gasteiger partial charge in [0, 0.05) is 18.3 Å². The summed E-state index contributed by atoms with van der Waals surface area (Å²) >= 11 is 0. The summed E-state index contributed by atoms with van der Waals surface area (Å²) < 4.78 is 6.94. The minimum atomic E-state index is -0.393. The van der Waals surface area contributed by atoms with Crippen LogP contribution in [0.1, 0.15) is 18.4 Å². The molecular formula is C12H16N2O2. The van der Waals surface area contributed by atoms with Crippen LogP contribution in [0.3, 0.4) is 0 Å². The summed E-state index contributed by atoms with van der Waals surface area (Å²) in [5.41, 5.74) is 1.12. The molecule has 0 aliphatic heterocycles. The van der Waals surface area contributed by atoms with Crippen LogP contribution in [0.4, 0.5) is 0 Å². The van der Waals surface area contributed by atoms with Gasteiger partial charge in [0.15, 0.2) is 0 Å². The second-order valence-electron chi connectivity index (χ2n) is 3.58. The normalized spacial score (nSPS) is 9.88. The predicted octanol–water partition coefficient (Wildman–Crippen LogP) is 2.00. The van der Waals surface area contributed by atoms with Gasteiger partial charge in [-0.15, -0.1) is 6.58 Å². The fraction of sp³-hybridized carbons (Fsp3) is 0.333. The van der Waals surface area contributed by atoms with Gasteiger partial charge >= 0.3 is 5.97 Å². The topological polar surface area (TPSA) is 44.1 Å².